The van der Waals surface area contributed by atoms with E-state index < -0.39 is 0 Å². The highest BCUT2D eigenvalue weighted by Crippen LogP contribution is 2.26. The molecule has 0 bridgehead atoms. The van der Waals surface area contributed by atoms with Crippen LogP contribution in [0.2, 0.25) is 0 Å². The first-order chi connectivity index (χ1) is 7.57. The van der Waals surface area contributed by atoms with Crippen LogP contribution in [-0.2, 0) is 18.3 Å². The predicted octanol–water partition coefficient (Wildman–Crippen LogP) is 4.42. The monoisotopic (exact) mass is 214 g/mol. The minimum Gasteiger partial charge on any atom is -0.0882 e. The number of rotatable bonds is 0. The van der Waals surface area contributed by atoms with Crippen molar-refractivity contribution in [2.24, 2.45) is 0 Å². The van der Waals surface area contributed by atoms with Gasteiger partial charge in [-0.3, -0.25) is 0 Å². The van der Waals surface area contributed by atoms with Gasteiger partial charge in [0.05, 0.1) is 0 Å². The van der Waals surface area contributed by atoms with Crippen LogP contribution in [0.25, 0.3) is 0 Å². The summed E-state index contributed by atoms with van der Waals surface area (Å²) in [6.07, 6.45) is 9.45. The largest absolute Gasteiger partial charge is 0.0882 e. The first-order valence-electron chi connectivity index (χ1n) is 6.34. The van der Waals surface area contributed by atoms with Crippen molar-refractivity contribution >= 4 is 0 Å². The summed E-state index contributed by atoms with van der Waals surface area (Å²) < 4.78 is 0. The van der Waals surface area contributed by atoms with Crippen molar-refractivity contribution in [3.05, 3.63) is 47.0 Å². The lowest BCUT2D eigenvalue weighted by atomic mass is 9.83. The fourth-order valence-electron chi connectivity index (χ4n) is 2.28. The third kappa shape index (κ3) is 2.55. The van der Waals surface area contributed by atoms with E-state index in [0.29, 0.717) is 0 Å². The maximum Gasteiger partial charge on any atom is -0.0132 e. The van der Waals surface area contributed by atoms with Crippen LogP contribution < -0.4 is 0 Å². The standard InChI is InChI=1S/C16H22/c1-16(2,3)15-11-10-13-8-6-4-5-7-9-14(13)12-15/h4-5,10-12H,6-9H2,1-3H3/b5-4-. The van der Waals surface area contributed by atoms with Gasteiger partial charge in [0.15, 0.2) is 0 Å². The fourth-order valence-corrected chi connectivity index (χ4v) is 2.28. The zero-order valence-corrected chi connectivity index (χ0v) is 10.7. The number of hydrogen-bond donors (Lipinski definition) is 0. The maximum atomic E-state index is 2.43. The summed E-state index contributed by atoms with van der Waals surface area (Å²) in [7, 11) is 0. The van der Waals surface area contributed by atoms with Gasteiger partial charge in [-0.2, -0.15) is 0 Å². The van der Waals surface area contributed by atoms with Crippen molar-refractivity contribution in [3.63, 3.8) is 0 Å². The Kier molecular flexibility index (Phi) is 3.18. The molecule has 86 valence electrons. The first-order valence-corrected chi connectivity index (χ1v) is 6.34. The Bertz CT molecular complexity index is 391. The van der Waals surface area contributed by atoms with E-state index >= 15 is 0 Å². The van der Waals surface area contributed by atoms with Crippen molar-refractivity contribution in [1.29, 1.82) is 0 Å². The Morgan fingerprint density at radius 2 is 1.50 bits per heavy atom. The fraction of sp³-hybridized carbons (Fsp3) is 0.500. The van der Waals surface area contributed by atoms with Gasteiger partial charge in [0.25, 0.3) is 0 Å². The third-order valence-corrected chi connectivity index (χ3v) is 3.40. The molecule has 1 aromatic rings. The average Bonchev–Trinajstić information content (AvgIpc) is 2.16. The molecule has 0 N–H and O–H groups in total. The second-order valence-electron chi connectivity index (χ2n) is 5.78. The quantitative estimate of drug-likeness (QED) is 0.561. The molecule has 0 aliphatic heterocycles. The minimum absolute atomic E-state index is 0.271. The second-order valence-corrected chi connectivity index (χ2v) is 5.78. The predicted molar refractivity (Wildman–Crippen MR) is 70.9 cm³/mol. The Morgan fingerprint density at radius 1 is 0.875 bits per heavy atom. The van der Waals surface area contributed by atoms with Crippen molar-refractivity contribution in [2.75, 3.05) is 0 Å². The van der Waals surface area contributed by atoms with E-state index in [4.69, 9.17) is 0 Å². The SMILES string of the molecule is CC(C)(C)c1ccc2c(c1)CC/C=C\CC2. The van der Waals surface area contributed by atoms with Gasteiger partial charge in [0.2, 0.25) is 0 Å². The lowest BCUT2D eigenvalue weighted by molar-refractivity contribution is 0.588. The molecule has 1 aliphatic rings. The molecule has 0 heteroatoms. The van der Waals surface area contributed by atoms with Crippen LogP contribution in [0.15, 0.2) is 30.4 Å². The van der Waals surface area contributed by atoms with E-state index in [1.807, 2.05) is 0 Å². The molecule has 0 nitrogen and oxygen atoms in total. The molecule has 0 atom stereocenters. The highest BCUT2D eigenvalue weighted by molar-refractivity contribution is 5.36. The van der Waals surface area contributed by atoms with Crippen molar-refractivity contribution < 1.29 is 0 Å². The highest BCUT2D eigenvalue weighted by atomic mass is 14.2. The van der Waals surface area contributed by atoms with Crippen molar-refractivity contribution in [3.8, 4) is 0 Å². The molecule has 0 spiro atoms. The second kappa shape index (κ2) is 4.45. The van der Waals surface area contributed by atoms with Crippen molar-refractivity contribution in [2.45, 2.75) is 51.9 Å². The molecule has 16 heavy (non-hydrogen) atoms. The molecule has 0 saturated heterocycles. The molecule has 0 radical (unpaired) electrons. The summed E-state index contributed by atoms with van der Waals surface area (Å²) >= 11 is 0. The summed E-state index contributed by atoms with van der Waals surface area (Å²) in [6.45, 7) is 6.87. The van der Waals surface area contributed by atoms with E-state index in [1.54, 1.807) is 11.1 Å². The molecule has 0 saturated carbocycles. The molecular weight excluding hydrogens is 192 g/mol. The number of benzene rings is 1. The molecule has 0 unspecified atom stereocenters. The lowest BCUT2D eigenvalue weighted by Crippen LogP contribution is -2.12. The number of aryl methyl sites for hydroxylation is 2. The highest BCUT2D eigenvalue weighted by Gasteiger charge is 2.15. The molecule has 0 aromatic heterocycles. The molecular formula is C16H22. The molecule has 0 fully saturated rings. The normalized spacial score (nSPS) is 18.4. The van der Waals surface area contributed by atoms with Crippen LogP contribution in [0.4, 0.5) is 0 Å². The van der Waals surface area contributed by atoms with E-state index in [9.17, 15) is 0 Å². The summed E-state index contributed by atoms with van der Waals surface area (Å²) in [5.74, 6) is 0. The van der Waals surface area contributed by atoms with Gasteiger partial charge >= 0.3 is 0 Å². The van der Waals surface area contributed by atoms with Crippen LogP contribution in [0.3, 0.4) is 0 Å². The van der Waals surface area contributed by atoms with E-state index in [1.165, 1.54) is 31.2 Å². The average molecular weight is 214 g/mol. The van der Waals surface area contributed by atoms with Crippen LogP contribution >= 0.6 is 0 Å². The molecule has 1 aliphatic carbocycles. The zero-order valence-electron chi connectivity index (χ0n) is 10.7. The third-order valence-electron chi connectivity index (χ3n) is 3.40. The smallest absolute Gasteiger partial charge is 0.0132 e. The topological polar surface area (TPSA) is 0 Å². The van der Waals surface area contributed by atoms with Gasteiger partial charge in [-0.1, -0.05) is 51.1 Å². The van der Waals surface area contributed by atoms with Crippen LogP contribution in [-0.4, -0.2) is 0 Å². The van der Waals surface area contributed by atoms with E-state index in [2.05, 4.69) is 51.1 Å². The first kappa shape index (κ1) is 11.4. The number of hydrogen-bond acceptors (Lipinski definition) is 0. The van der Waals surface area contributed by atoms with Crippen molar-refractivity contribution in [1.82, 2.24) is 0 Å². The van der Waals surface area contributed by atoms with Crippen LogP contribution in [0.1, 0.15) is 50.3 Å². The summed E-state index contributed by atoms with van der Waals surface area (Å²) in [6, 6.07) is 7.08. The Hall–Kier alpha value is -1.04. The molecule has 1 aromatic carbocycles. The van der Waals surface area contributed by atoms with Gasteiger partial charge in [0, 0.05) is 0 Å². The summed E-state index contributed by atoms with van der Waals surface area (Å²) in [4.78, 5) is 0. The van der Waals surface area contributed by atoms with Crippen LogP contribution in [0.5, 0.6) is 0 Å². The minimum atomic E-state index is 0.271. The lowest BCUT2D eigenvalue weighted by Gasteiger charge is -2.22. The van der Waals surface area contributed by atoms with Gasteiger partial charge in [-0.15, -0.1) is 0 Å². The Labute approximate surface area is 99.4 Å². The summed E-state index contributed by atoms with van der Waals surface area (Å²) in [5.41, 5.74) is 4.86. The maximum absolute atomic E-state index is 2.43. The van der Waals surface area contributed by atoms with Gasteiger partial charge in [-0.05, 0) is 47.8 Å². The summed E-state index contributed by atoms with van der Waals surface area (Å²) in [5, 5.41) is 0. The molecule has 0 amide bonds. The Balaban J connectivity index is 2.34. The number of fused-ring (bicyclic) bond motifs is 1. The zero-order chi connectivity index (χ0) is 11.6. The molecule has 2 rings (SSSR count). The van der Waals surface area contributed by atoms with Gasteiger partial charge in [-0.25, -0.2) is 0 Å². The van der Waals surface area contributed by atoms with E-state index in [-0.39, 0.29) is 5.41 Å². The number of allylic oxidation sites excluding steroid dienone is 2. The van der Waals surface area contributed by atoms with Crippen LogP contribution in [0, 0.1) is 0 Å². The molecule has 0 heterocycles. The van der Waals surface area contributed by atoms with Gasteiger partial charge in [0.1, 0.15) is 0 Å². The van der Waals surface area contributed by atoms with Gasteiger partial charge < -0.3 is 0 Å². The Morgan fingerprint density at radius 3 is 2.12 bits per heavy atom. The van der Waals surface area contributed by atoms with E-state index in [0.717, 1.165) is 0 Å².